The van der Waals surface area contributed by atoms with Gasteiger partial charge in [-0.3, -0.25) is 9.59 Å². The molecule has 0 spiro atoms. The van der Waals surface area contributed by atoms with Gasteiger partial charge in [-0.05, 0) is 31.5 Å². The summed E-state index contributed by atoms with van der Waals surface area (Å²) in [5.41, 5.74) is 1.58. The quantitative estimate of drug-likeness (QED) is 0.702. The number of amides is 2. The lowest BCUT2D eigenvalue weighted by Crippen LogP contribution is -2.46. The molecular formula is C17H22N2O4S2. The number of ether oxygens (including phenoxy) is 1. The van der Waals surface area contributed by atoms with Crippen molar-refractivity contribution in [1.29, 1.82) is 0 Å². The smallest absolute Gasteiger partial charge is 0.338 e. The molecule has 0 saturated carbocycles. The molecule has 136 valence electrons. The Balaban J connectivity index is 1.79. The fraction of sp³-hybridized carbons (Fsp3) is 0.471. The summed E-state index contributed by atoms with van der Waals surface area (Å²) in [5.74, 6) is 0.938. The average Bonchev–Trinajstić information content (AvgIpc) is 3.14. The van der Waals surface area contributed by atoms with Crippen molar-refractivity contribution in [1.82, 2.24) is 10.6 Å². The molecule has 0 aromatic heterocycles. The standard InChI is InChI=1S/C17H22N2O4S2/c1-3-18-15(21)11(2)19-14(20)10-23-16(22)12-4-6-13(7-5-12)17-24-8-9-25-17/h4-7,11,17H,3,8-10H2,1-2H3,(H,18,21)(H,19,20)/t11-/m0/s1. The normalized spacial score (nSPS) is 15.4. The number of carbonyl (C=O) groups excluding carboxylic acids is 3. The number of nitrogens with one attached hydrogen (secondary N) is 2. The van der Waals surface area contributed by atoms with Crippen LogP contribution in [0, 0.1) is 0 Å². The van der Waals surface area contributed by atoms with E-state index in [2.05, 4.69) is 10.6 Å². The summed E-state index contributed by atoms with van der Waals surface area (Å²) in [6, 6.07) is 6.60. The first kappa shape index (κ1) is 19.7. The Bertz CT molecular complexity index is 616. The number of thioether (sulfide) groups is 2. The van der Waals surface area contributed by atoms with Gasteiger partial charge in [0.25, 0.3) is 5.91 Å². The van der Waals surface area contributed by atoms with E-state index < -0.39 is 24.5 Å². The van der Waals surface area contributed by atoms with Crippen LogP contribution >= 0.6 is 23.5 Å². The van der Waals surface area contributed by atoms with Crippen molar-refractivity contribution in [2.75, 3.05) is 24.7 Å². The van der Waals surface area contributed by atoms with Crippen molar-refractivity contribution in [3.8, 4) is 0 Å². The lowest BCUT2D eigenvalue weighted by Gasteiger charge is -2.13. The third-order valence-corrected chi connectivity index (χ3v) is 6.60. The summed E-state index contributed by atoms with van der Waals surface area (Å²) in [4.78, 5) is 35.3. The zero-order chi connectivity index (χ0) is 18.2. The summed E-state index contributed by atoms with van der Waals surface area (Å²) in [5, 5.41) is 5.09. The Morgan fingerprint density at radius 1 is 1.20 bits per heavy atom. The molecule has 1 aliphatic heterocycles. The molecular weight excluding hydrogens is 360 g/mol. The molecule has 25 heavy (non-hydrogen) atoms. The Labute approximate surface area is 155 Å². The number of likely N-dealkylation sites (N-methyl/N-ethyl adjacent to an activating group) is 1. The molecule has 2 amide bonds. The number of hydrogen-bond donors (Lipinski definition) is 2. The molecule has 1 aliphatic rings. The Morgan fingerprint density at radius 2 is 1.84 bits per heavy atom. The molecule has 1 aromatic carbocycles. The van der Waals surface area contributed by atoms with E-state index >= 15 is 0 Å². The lowest BCUT2D eigenvalue weighted by molar-refractivity contribution is -0.130. The van der Waals surface area contributed by atoms with Gasteiger partial charge < -0.3 is 15.4 Å². The van der Waals surface area contributed by atoms with Crippen LogP contribution in [0.15, 0.2) is 24.3 Å². The van der Waals surface area contributed by atoms with Crippen LogP contribution in [-0.2, 0) is 14.3 Å². The third kappa shape index (κ3) is 5.97. The van der Waals surface area contributed by atoms with E-state index in [1.165, 1.54) is 5.56 Å². The molecule has 0 unspecified atom stereocenters. The fourth-order valence-electron chi connectivity index (χ4n) is 2.22. The fourth-order valence-corrected chi connectivity index (χ4v) is 5.08. The predicted octanol–water partition coefficient (Wildman–Crippen LogP) is 1.96. The highest BCUT2D eigenvalue weighted by Crippen LogP contribution is 2.45. The van der Waals surface area contributed by atoms with E-state index in [4.69, 9.17) is 4.74 Å². The maximum atomic E-state index is 12.0. The van der Waals surface area contributed by atoms with Crippen LogP contribution in [-0.4, -0.2) is 48.5 Å². The maximum absolute atomic E-state index is 12.0. The molecule has 1 heterocycles. The van der Waals surface area contributed by atoms with Gasteiger partial charge >= 0.3 is 5.97 Å². The number of esters is 1. The first-order chi connectivity index (χ1) is 12.0. The summed E-state index contributed by atoms with van der Waals surface area (Å²) in [7, 11) is 0. The molecule has 0 bridgehead atoms. The highest BCUT2D eigenvalue weighted by Gasteiger charge is 2.19. The van der Waals surface area contributed by atoms with E-state index in [9.17, 15) is 14.4 Å². The molecule has 6 nitrogen and oxygen atoms in total. The van der Waals surface area contributed by atoms with Gasteiger partial charge in [0.05, 0.1) is 10.1 Å². The van der Waals surface area contributed by atoms with Crippen molar-refractivity contribution in [2.24, 2.45) is 0 Å². The molecule has 1 fully saturated rings. The van der Waals surface area contributed by atoms with Crippen molar-refractivity contribution in [3.05, 3.63) is 35.4 Å². The summed E-state index contributed by atoms with van der Waals surface area (Å²) >= 11 is 3.79. The second-order valence-corrected chi connectivity index (χ2v) is 8.18. The number of carbonyl (C=O) groups is 3. The first-order valence-corrected chi connectivity index (χ1v) is 10.2. The van der Waals surface area contributed by atoms with Crippen LogP contribution in [0.4, 0.5) is 0 Å². The first-order valence-electron chi connectivity index (χ1n) is 8.08. The van der Waals surface area contributed by atoms with Gasteiger partial charge in [-0.15, -0.1) is 23.5 Å². The number of hydrogen-bond acceptors (Lipinski definition) is 6. The lowest BCUT2D eigenvalue weighted by atomic mass is 10.1. The highest BCUT2D eigenvalue weighted by atomic mass is 32.2. The van der Waals surface area contributed by atoms with E-state index in [0.717, 1.165) is 11.5 Å². The minimum atomic E-state index is -0.674. The van der Waals surface area contributed by atoms with Crippen LogP contribution in [0.3, 0.4) is 0 Å². The summed E-state index contributed by atoms with van der Waals surface area (Å²) < 4.78 is 5.43. The van der Waals surface area contributed by atoms with Crippen molar-refractivity contribution in [2.45, 2.75) is 24.5 Å². The Kier molecular flexibility index (Phi) is 7.64. The molecule has 8 heteroatoms. The van der Waals surface area contributed by atoms with Gasteiger partial charge in [-0.25, -0.2) is 4.79 Å². The topological polar surface area (TPSA) is 84.5 Å². The molecule has 0 aliphatic carbocycles. The highest BCUT2D eigenvalue weighted by molar-refractivity contribution is 8.19. The van der Waals surface area contributed by atoms with Crippen molar-refractivity contribution in [3.63, 3.8) is 0 Å². The van der Waals surface area contributed by atoms with Gasteiger partial charge in [-0.1, -0.05) is 12.1 Å². The third-order valence-electron chi connectivity index (χ3n) is 3.50. The molecule has 2 N–H and O–H groups in total. The Morgan fingerprint density at radius 3 is 2.44 bits per heavy atom. The van der Waals surface area contributed by atoms with Crippen molar-refractivity contribution < 1.29 is 19.1 Å². The second-order valence-electron chi connectivity index (χ2n) is 5.46. The summed E-state index contributed by atoms with van der Waals surface area (Å²) in [6.45, 7) is 3.44. The largest absolute Gasteiger partial charge is 0.452 e. The second kappa shape index (κ2) is 9.72. The van der Waals surface area contributed by atoms with Gasteiger partial charge in [0.1, 0.15) is 6.04 Å². The van der Waals surface area contributed by atoms with E-state index in [0.29, 0.717) is 16.7 Å². The van der Waals surface area contributed by atoms with Gasteiger partial charge in [-0.2, -0.15) is 0 Å². The van der Waals surface area contributed by atoms with E-state index in [-0.39, 0.29) is 5.91 Å². The van der Waals surface area contributed by atoms with Gasteiger partial charge in [0, 0.05) is 18.1 Å². The molecule has 0 radical (unpaired) electrons. The van der Waals surface area contributed by atoms with Gasteiger partial charge in [0.2, 0.25) is 5.91 Å². The van der Waals surface area contributed by atoms with Crippen LogP contribution in [0.2, 0.25) is 0 Å². The van der Waals surface area contributed by atoms with Gasteiger partial charge in [0.15, 0.2) is 6.61 Å². The average molecular weight is 383 g/mol. The number of rotatable bonds is 7. The van der Waals surface area contributed by atoms with Crippen LogP contribution in [0.25, 0.3) is 0 Å². The predicted molar refractivity (Wildman–Crippen MR) is 101 cm³/mol. The van der Waals surface area contributed by atoms with E-state index in [1.807, 2.05) is 35.7 Å². The van der Waals surface area contributed by atoms with Crippen molar-refractivity contribution >= 4 is 41.3 Å². The molecule has 2 rings (SSSR count). The molecule has 1 atom stereocenters. The molecule has 1 aromatic rings. The number of benzene rings is 1. The summed E-state index contributed by atoms with van der Waals surface area (Å²) in [6.07, 6.45) is 0. The van der Waals surface area contributed by atoms with E-state index in [1.54, 1.807) is 26.0 Å². The zero-order valence-corrected chi connectivity index (χ0v) is 15.9. The minimum absolute atomic E-state index is 0.277. The van der Waals surface area contributed by atoms with Crippen LogP contribution in [0.1, 0.15) is 34.4 Å². The SMILES string of the molecule is CCNC(=O)[C@H](C)NC(=O)COC(=O)c1ccc(C2SCCS2)cc1. The minimum Gasteiger partial charge on any atom is -0.452 e. The monoisotopic (exact) mass is 382 g/mol. The van der Waals surface area contributed by atoms with Crippen LogP contribution in [0.5, 0.6) is 0 Å². The Hall–Kier alpha value is -1.67. The van der Waals surface area contributed by atoms with Crippen LogP contribution < -0.4 is 10.6 Å². The maximum Gasteiger partial charge on any atom is 0.338 e. The molecule has 1 saturated heterocycles. The zero-order valence-electron chi connectivity index (χ0n) is 14.2.